The van der Waals surface area contributed by atoms with Crippen molar-refractivity contribution < 1.29 is 10.2 Å². The molecule has 4 heteroatoms. The number of phenols is 2. The van der Waals surface area contributed by atoms with Gasteiger partial charge in [0.05, 0.1) is 0 Å². The third-order valence-electron chi connectivity index (χ3n) is 4.44. The van der Waals surface area contributed by atoms with Crippen molar-refractivity contribution in [2.24, 2.45) is 10.2 Å². The van der Waals surface area contributed by atoms with Crippen molar-refractivity contribution in [2.75, 3.05) is 0 Å². The standard InChI is InChI=1S/C24H18N2O2/c27-21-14-8-7-13-20(21)25-26-24-22(28)16-15-19(17-9-3-1-4-10-17)23(24)18-11-5-2-6-12-18/h1-16,27-28H. The van der Waals surface area contributed by atoms with Crippen molar-refractivity contribution in [1.82, 2.24) is 0 Å². The van der Waals surface area contributed by atoms with Gasteiger partial charge >= 0.3 is 0 Å². The molecular formula is C24H18N2O2. The Labute approximate surface area is 163 Å². The van der Waals surface area contributed by atoms with E-state index in [1.54, 1.807) is 30.3 Å². The molecule has 0 saturated heterocycles. The van der Waals surface area contributed by atoms with Gasteiger partial charge < -0.3 is 10.2 Å². The summed E-state index contributed by atoms with van der Waals surface area (Å²) in [6.07, 6.45) is 0. The number of nitrogens with zero attached hydrogens (tertiary/aromatic N) is 2. The summed E-state index contributed by atoms with van der Waals surface area (Å²) in [6.45, 7) is 0. The second-order valence-corrected chi connectivity index (χ2v) is 6.28. The summed E-state index contributed by atoms with van der Waals surface area (Å²) in [7, 11) is 0. The molecule has 4 aromatic carbocycles. The lowest BCUT2D eigenvalue weighted by molar-refractivity contribution is 0.474. The van der Waals surface area contributed by atoms with Crippen molar-refractivity contribution in [3.8, 4) is 33.8 Å². The number of aromatic hydroxyl groups is 2. The van der Waals surface area contributed by atoms with Gasteiger partial charge in [-0.05, 0) is 41.0 Å². The summed E-state index contributed by atoms with van der Waals surface area (Å²) >= 11 is 0. The molecule has 0 amide bonds. The molecule has 2 N–H and O–H groups in total. The summed E-state index contributed by atoms with van der Waals surface area (Å²) < 4.78 is 0. The van der Waals surface area contributed by atoms with Crippen LogP contribution in [-0.2, 0) is 0 Å². The number of hydrogen-bond acceptors (Lipinski definition) is 4. The maximum Gasteiger partial charge on any atom is 0.143 e. The van der Waals surface area contributed by atoms with E-state index in [0.29, 0.717) is 11.4 Å². The normalized spacial score (nSPS) is 11.0. The SMILES string of the molecule is Oc1ccccc1N=Nc1c(O)ccc(-c2ccccc2)c1-c1ccccc1. The average molecular weight is 366 g/mol. The van der Waals surface area contributed by atoms with Gasteiger partial charge in [0.1, 0.15) is 22.9 Å². The monoisotopic (exact) mass is 366 g/mol. The highest BCUT2D eigenvalue weighted by Gasteiger charge is 2.16. The largest absolute Gasteiger partial charge is 0.506 e. The molecule has 0 spiro atoms. The summed E-state index contributed by atoms with van der Waals surface area (Å²) in [4.78, 5) is 0. The third kappa shape index (κ3) is 3.48. The molecule has 0 radical (unpaired) electrons. The highest BCUT2D eigenvalue weighted by Crippen LogP contribution is 2.45. The maximum atomic E-state index is 10.6. The van der Waals surface area contributed by atoms with E-state index in [0.717, 1.165) is 22.3 Å². The fraction of sp³-hybridized carbons (Fsp3) is 0. The maximum absolute atomic E-state index is 10.6. The van der Waals surface area contributed by atoms with E-state index in [1.165, 1.54) is 0 Å². The Morgan fingerprint density at radius 3 is 1.79 bits per heavy atom. The zero-order chi connectivity index (χ0) is 19.3. The fourth-order valence-corrected chi connectivity index (χ4v) is 3.09. The van der Waals surface area contributed by atoms with Crippen LogP contribution in [-0.4, -0.2) is 10.2 Å². The molecular weight excluding hydrogens is 348 g/mol. The molecule has 4 aromatic rings. The number of rotatable bonds is 4. The molecule has 0 unspecified atom stereocenters. The molecule has 4 nitrogen and oxygen atoms in total. The van der Waals surface area contributed by atoms with E-state index in [1.807, 2.05) is 66.7 Å². The van der Waals surface area contributed by atoms with Crippen molar-refractivity contribution in [2.45, 2.75) is 0 Å². The minimum Gasteiger partial charge on any atom is -0.506 e. The third-order valence-corrected chi connectivity index (χ3v) is 4.44. The van der Waals surface area contributed by atoms with Crippen LogP contribution in [0.5, 0.6) is 11.5 Å². The van der Waals surface area contributed by atoms with E-state index in [-0.39, 0.29) is 11.5 Å². The Balaban J connectivity index is 1.94. The van der Waals surface area contributed by atoms with Crippen LogP contribution in [0.1, 0.15) is 0 Å². The van der Waals surface area contributed by atoms with Crippen molar-refractivity contribution >= 4 is 11.4 Å². The Morgan fingerprint density at radius 1 is 0.500 bits per heavy atom. The van der Waals surface area contributed by atoms with Crippen LogP contribution in [0.3, 0.4) is 0 Å². The fourth-order valence-electron chi connectivity index (χ4n) is 3.09. The smallest absolute Gasteiger partial charge is 0.143 e. The molecule has 0 heterocycles. The first-order valence-corrected chi connectivity index (χ1v) is 8.90. The zero-order valence-electron chi connectivity index (χ0n) is 15.0. The molecule has 0 bridgehead atoms. The number of phenolic OH excluding ortho intramolecular Hbond substituents is 2. The van der Waals surface area contributed by atoms with Crippen LogP contribution in [0.2, 0.25) is 0 Å². The van der Waals surface area contributed by atoms with Crippen LogP contribution in [0.4, 0.5) is 11.4 Å². The molecule has 4 rings (SSSR count). The van der Waals surface area contributed by atoms with Gasteiger partial charge in [0, 0.05) is 5.56 Å². The summed E-state index contributed by atoms with van der Waals surface area (Å²) in [5, 5.41) is 29.0. The first-order chi connectivity index (χ1) is 13.7. The molecule has 28 heavy (non-hydrogen) atoms. The number of hydrogen-bond donors (Lipinski definition) is 2. The van der Waals surface area contributed by atoms with Crippen LogP contribution in [0.25, 0.3) is 22.3 Å². The van der Waals surface area contributed by atoms with Gasteiger partial charge in [-0.1, -0.05) is 72.8 Å². The Hall–Kier alpha value is -3.92. The van der Waals surface area contributed by atoms with Gasteiger partial charge in [-0.15, -0.1) is 10.2 Å². The van der Waals surface area contributed by atoms with Crippen LogP contribution in [0.15, 0.2) is 107 Å². The minimum atomic E-state index is 0.0257. The predicted molar refractivity (Wildman–Crippen MR) is 111 cm³/mol. The molecule has 0 aliphatic carbocycles. The van der Waals surface area contributed by atoms with E-state index in [2.05, 4.69) is 10.2 Å². The average Bonchev–Trinajstić information content (AvgIpc) is 2.75. The predicted octanol–water partition coefficient (Wildman–Crippen LogP) is 6.85. The number of azo groups is 1. The quantitative estimate of drug-likeness (QED) is 0.388. The van der Waals surface area contributed by atoms with Crippen LogP contribution < -0.4 is 0 Å². The van der Waals surface area contributed by atoms with Gasteiger partial charge in [0.25, 0.3) is 0 Å². The second-order valence-electron chi connectivity index (χ2n) is 6.28. The van der Waals surface area contributed by atoms with Crippen LogP contribution >= 0.6 is 0 Å². The number of benzene rings is 4. The highest BCUT2D eigenvalue weighted by atomic mass is 16.3. The lowest BCUT2D eigenvalue weighted by Crippen LogP contribution is -1.87. The van der Waals surface area contributed by atoms with Crippen molar-refractivity contribution in [1.29, 1.82) is 0 Å². The first-order valence-electron chi connectivity index (χ1n) is 8.90. The molecule has 0 saturated carbocycles. The van der Waals surface area contributed by atoms with Gasteiger partial charge in [-0.2, -0.15) is 0 Å². The van der Waals surface area contributed by atoms with Crippen LogP contribution in [0, 0.1) is 0 Å². The molecule has 0 aliphatic heterocycles. The molecule has 136 valence electrons. The molecule has 0 aliphatic rings. The Kier molecular flexibility index (Phi) is 4.85. The zero-order valence-corrected chi connectivity index (χ0v) is 15.0. The molecule has 0 aromatic heterocycles. The lowest BCUT2D eigenvalue weighted by atomic mass is 9.93. The summed E-state index contributed by atoms with van der Waals surface area (Å²) in [5.74, 6) is 0.0592. The lowest BCUT2D eigenvalue weighted by Gasteiger charge is -2.14. The van der Waals surface area contributed by atoms with E-state index in [4.69, 9.17) is 0 Å². The van der Waals surface area contributed by atoms with E-state index < -0.39 is 0 Å². The van der Waals surface area contributed by atoms with E-state index >= 15 is 0 Å². The van der Waals surface area contributed by atoms with E-state index in [9.17, 15) is 10.2 Å². The Morgan fingerprint density at radius 2 is 1.11 bits per heavy atom. The van der Waals surface area contributed by atoms with Crippen molar-refractivity contribution in [3.63, 3.8) is 0 Å². The highest BCUT2D eigenvalue weighted by molar-refractivity contribution is 5.93. The number of para-hydroxylation sites is 1. The molecule has 0 atom stereocenters. The molecule has 0 fully saturated rings. The van der Waals surface area contributed by atoms with Gasteiger partial charge in [0.2, 0.25) is 0 Å². The summed E-state index contributed by atoms with van der Waals surface area (Å²) in [6, 6.07) is 29.9. The van der Waals surface area contributed by atoms with Gasteiger partial charge in [0.15, 0.2) is 0 Å². The first kappa shape index (κ1) is 17.5. The summed E-state index contributed by atoms with van der Waals surface area (Å²) in [5.41, 5.74) is 4.35. The van der Waals surface area contributed by atoms with Gasteiger partial charge in [-0.3, -0.25) is 0 Å². The minimum absolute atomic E-state index is 0.0257. The Bertz CT molecular complexity index is 1120. The van der Waals surface area contributed by atoms with Crippen molar-refractivity contribution in [3.05, 3.63) is 97.1 Å². The van der Waals surface area contributed by atoms with Gasteiger partial charge in [-0.25, -0.2) is 0 Å². The second kappa shape index (κ2) is 7.76. The topological polar surface area (TPSA) is 65.2 Å².